The van der Waals surface area contributed by atoms with E-state index in [9.17, 15) is 9.90 Å². The summed E-state index contributed by atoms with van der Waals surface area (Å²) in [7, 11) is 0. The summed E-state index contributed by atoms with van der Waals surface area (Å²) < 4.78 is 11.9. The molecule has 0 bridgehead atoms. The number of ether oxygens (including phenoxy) is 2. The van der Waals surface area contributed by atoms with Crippen molar-refractivity contribution in [1.82, 2.24) is 9.97 Å². The van der Waals surface area contributed by atoms with Crippen LogP contribution in [0.3, 0.4) is 0 Å². The van der Waals surface area contributed by atoms with Gasteiger partial charge in [-0.3, -0.25) is 0 Å². The average Bonchev–Trinajstić information content (AvgIpc) is 2.79. The van der Waals surface area contributed by atoms with Gasteiger partial charge in [0.05, 0.1) is 23.3 Å². The smallest absolute Gasteiger partial charge is 0.337 e. The molecule has 174 valence electrons. The molecule has 2 aromatic carbocycles. The Kier molecular flexibility index (Phi) is 6.36. The third-order valence-electron chi connectivity index (χ3n) is 5.38. The van der Waals surface area contributed by atoms with Crippen LogP contribution in [-0.4, -0.2) is 27.1 Å². The Morgan fingerprint density at radius 1 is 1.15 bits per heavy atom. The molecular formula is C27H27N3O4. The van der Waals surface area contributed by atoms with Gasteiger partial charge < -0.3 is 19.9 Å². The summed E-state index contributed by atoms with van der Waals surface area (Å²) in [5.41, 5.74) is 5.09. The first kappa shape index (κ1) is 23.0. The van der Waals surface area contributed by atoms with Gasteiger partial charge in [0.15, 0.2) is 0 Å². The molecular weight excluding hydrogens is 430 g/mol. The molecule has 1 aromatic heterocycles. The van der Waals surface area contributed by atoms with Gasteiger partial charge in [-0.25, -0.2) is 14.8 Å². The summed E-state index contributed by atoms with van der Waals surface area (Å²) >= 11 is 0. The van der Waals surface area contributed by atoms with Crippen molar-refractivity contribution in [1.29, 1.82) is 0 Å². The van der Waals surface area contributed by atoms with Crippen molar-refractivity contribution in [2.75, 3.05) is 5.32 Å². The number of nitrogens with zero attached hydrogens (tertiary/aromatic N) is 2. The number of fused-ring (bicyclic) bond motifs is 1. The Balaban J connectivity index is 1.67. The third kappa shape index (κ3) is 4.78. The lowest BCUT2D eigenvalue weighted by molar-refractivity contribution is 0.0698. The van der Waals surface area contributed by atoms with Crippen LogP contribution in [-0.2, 0) is 0 Å². The van der Waals surface area contributed by atoms with Crippen LogP contribution in [0.2, 0.25) is 0 Å². The summed E-state index contributed by atoms with van der Waals surface area (Å²) in [5, 5.41) is 12.9. The van der Waals surface area contributed by atoms with E-state index < -0.39 is 5.97 Å². The average molecular weight is 458 g/mol. The molecule has 0 radical (unpaired) electrons. The maximum atomic E-state index is 11.6. The van der Waals surface area contributed by atoms with Gasteiger partial charge in [0.1, 0.15) is 11.5 Å². The molecule has 0 amide bonds. The zero-order valence-electron chi connectivity index (χ0n) is 19.6. The lowest BCUT2D eigenvalue weighted by atomic mass is 9.93. The summed E-state index contributed by atoms with van der Waals surface area (Å²) in [6.07, 6.45) is 5.17. The van der Waals surface area contributed by atoms with Crippen LogP contribution >= 0.6 is 0 Å². The highest BCUT2D eigenvalue weighted by Crippen LogP contribution is 2.42. The van der Waals surface area contributed by atoms with Gasteiger partial charge in [0.2, 0.25) is 0 Å². The number of allylic oxidation sites excluding steroid dienone is 2. The highest BCUT2D eigenvalue weighted by Gasteiger charge is 2.24. The Morgan fingerprint density at radius 2 is 1.85 bits per heavy atom. The minimum atomic E-state index is -0.985. The number of hydrogen-bond donors (Lipinski definition) is 2. The van der Waals surface area contributed by atoms with E-state index in [-0.39, 0.29) is 17.7 Å². The Morgan fingerprint density at radius 3 is 2.53 bits per heavy atom. The fourth-order valence-electron chi connectivity index (χ4n) is 3.81. The Labute approximate surface area is 198 Å². The maximum absolute atomic E-state index is 11.6. The second-order valence-electron chi connectivity index (χ2n) is 8.50. The molecule has 34 heavy (non-hydrogen) atoms. The second-order valence-corrected chi connectivity index (χ2v) is 8.50. The van der Waals surface area contributed by atoms with E-state index in [0.29, 0.717) is 28.8 Å². The number of hydrogen-bond acceptors (Lipinski definition) is 6. The van der Waals surface area contributed by atoms with Crippen molar-refractivity contribution in [2.45, 2.75) is 39.8 Å². The number of carbonyl (C=O) groups is 1. The number of rotatable bonds is 7. The predicted octanol–water partition coefficient (Wildman–Crippen LogP) is 5.89. The first-order valence-electron chi connectivity index (χ1n) is 11.0. The van der Waals surface area contributed by atoms with Crippen molar-refractivity contribution < 1.29 is 19.4 Å². The molecule has 2 N–H and O–H groups in total. The van der Waals surface area contributed by atoms with Gasteiger partial charge in [-0.1, -0.05) is 24.8 Å². The zero-order chi connectivity index (χ0) is 24.4. The van der Waals surface area contributed by atoms with E-state index in [0.717, 1.165) is 22.3 Å². The van der Waals surface area contributed by atoms with E-state index in [1.54, 1.807) is 36.7 Å². The zero-order valence-corrected chi connectivity index (χ0v) is 19.6. The molecule has 3 aromatic rings. The van der Waals surface area contributed by atoms with E-state index in [2.05, 4.69) is 21.9 Å². The molecule has 4 rings (SSSR count). The van der Waals surface area contributed by atoms with E-state index >= 15 is 0 Å². The van der Waals surface area contributed by atoms with E-state index in [1.165, 1.54) is 0 Å². The second kappa shape index (κ2) is 9.39. The molecule has 7 nitrogen and oxygen atoms in total. The number of nitrogens with one attached hydrogen (secondary N) is 1. The summed E-state index contributed by atoms with van der Waals surface area (Å²) in [6.45, 7) is 12.0. The number of anilines is 1. The van der Waals surface area contributed by atoms with Crippen molar-refractivity contribution in [3.8, 4) is 11.8 Å². The number of aromatic carboxylic acids is 1. The number of benzene rings is 2. The molecule has 0 aliphatic carbocycles. The monoisotopic (exact) mass is 457 g/mol. The van der Waals surface area contributed by atoms with Crippen LogP contribution < -0.4 is 14.8 Å². The molecule has 1 aliphatic heterocycles. The minimum absolute atomic E-state index is 0.0197. The molecule has 1 aliphatic rings. The highest BCUT2D eigenvalue weighted by molar-refractivity contribution is 5.94. The predicted molar refractivity (Wildman–Crippen MR) is 132 cm³/mol. The molecule has 0 spiro atoms. The fourth-order valence-corrected chi connectivity index (χ4v) is 3.81. The number of aromatic nitrogens is 2. The minimum Gasteiger partial charge on any atom is -0.478 e. The van der Waals surface area contributed by atoms with Gasteiger partial charge >= 0.3 is 12.0 Å². The van der Waals surface area contributed by atoms with Gasteiger partial charge in [0.25, 0.3) is 0 Å². The topological polar surface area (TPSA) is 93.6 Å². The molecule has 7 heteroatoms. The van der Waals surface area contributed by atoms with Crippen LogP contribution in [0.15, 0.2) is 61.4 Å². The summed E-state index contributed by atoms with van der Waals surface area (Å²) in [4.78, 5) is 20.2. The first-order valence-corrected chi connectivity index (χ1v) is 11.0. The maximum Gasteiger partial charge on any atom is 0.337 e. The summed E-state index contributed by atoms with van der Waals surface area (Å²) in [5.74, 6) is 0.265. The van der Waals surface area contributed by atoms with Gasteiger partial charge in [-0.05, 0) is 63.1 Å². The largest absolute Gasteiger partial charge is 0.478 e. The third-order valence-corrected chi connectivity index (χ3v) is 5.38. The number of aryl methyl sites for hydroxylation is 1. The van der Waals surface area contributed by atoms with E-state index in [1.807, 2.05) is 45.9 Å². The van der Waals surface area contributed by atoms with Crippen molar-refractivity contribution in [3.63, 3.8) is 0 Å². The number of carboxylic acids is 1. The highest BCUT2D eigenvalue weighted by atomic mass is 16.5. The number of para-hydroxylation sites is 1. The summed E-state index contributed by atoms with van der Waals surface area (Å²) in [6, 6.07) is 11.0. The quantitative estimate of drug-likeness (QED) is 0.457. The van der Waals surface area contributed by atoms with Gasteiger partial charge in [-0.2, -0.15) is 0 Å². The van der Waals surface area contributed by atoms with Crippen LogP contribution in [0, 0.1) is 6.92 Å². The van der Waals surface area contributed by atoms with Gasteiger partial charge in [0, 0.05) is 29.2 Å². The molecule has 1 atom stereocenters. The van der Waals surface area contributed by atoms with Crippen LogP contribution in [0.5, 0.6) is 11.8 Å². The Bertz CT molecular complexity index is 1280. The Hall–Kier alpha value is -4.13. The van der Waals surface area contributed by atoms with Crippen molar-refractivity contribution in [2.24, 2.45) is 0 Å². The van der Waals surface area contributed by atoms with Crippen molar-refractivity contribution in [3.05, 3.63) is 89.3 Å². The van der Waals surface area contributed by atoms with Crippen LogP contribution in [0.1, 0.15) is 59.4 Å². The molecule has 0 saturated carbocycles. The fraction of sp³-hybridized carbons (Fsp3) is 0.222. The standard InChI is InChI=1S/C27H27N3O4/c1-15(2)33-27-28-13-19(14-29-27)24-12-17(4)21-10-16(3)11-22(25(21)34-24)18(5)30-23-9-7-6-8-20(23)26(31)32/h6-15,18,30H,4H2,1-3,5H3,(H,31,32). The molecule has 2 heterocycles. The molecule has 1 unspecified atom stereocenters. The van der Waals surface area contributed by atoms with Crippen molar-refractivity contribution >= 4 is 23.0 Å². The first-order chi connectivity index (χ1) is 16.2. The number of carboxylic acid groups (broad SMARTS) is 1. The van der Waals surface area contributed by atoms with Crippen LogP contribution in [0.25, 0.3) is 11.3 Å². The lowest BCUT2D eigenvalue weighted by Crippen LogP contribution is -2.14. The van der Waals surface area contributed by atoms with E-state index in [4.69, 9.17) is 9.47 Å². The SMILES string of the molecule is C=C1C=C(c2cnc(OC(C)C)nc2)Oc2c1cc(C)cc2C(C)Nc1ccccc1C(=O)O. The normalized spacial score (nSPS) is 13.6. The lowest BCUT2D eigenvalue weighted by Gasteiger charge is -2.26. The van der Waals surface area contributed by atoms with Crippen LogP contribution in [0.4, 0.5) is 5.69 Å². The van der Waals surface area contributed by atoms with Gasteiger partial charge in [-0.15, -0.1) is 0 Å². The molecule has 0 saturated heterocycles. The molecule has 0 fully saturated rings.